The number of thiazole rings is 1. The van der Waals surface area contributed by atoms with Crippen LogP contribution in [0.25, 0.3) is 10.6 Å². The summed E-state index contributed by atoms with van der Waals surface area (Å²) in [6, 6.07) is 16.9. The van der Waals surface area contributed by atoms with Gasteiger partial charge in [0.05, 0.1) is 0 Å². The molecule has 3 aromatic heterocycles. The van der Waals surface area contributed by atoms with Gasteiger partial charge in [-0.05, 0) is 18.2 Å². The second-order valence-electron chi connectivity index (χ2n) is 7.39. The first kappa shape index (κ1) is 20.8. The predicted octanol–water partition coefficient (Wildman–Crippen LogP) is 3.97. The van der Waals surface area contributed by atoms with Gasteiger partial charge in [0.2, 0.25) is 5.95 Å². The van der Waals surface area contributed by atoms with E-state index in [0.29, 0.717) is 11.6 Å². The molecule has 1 fully saturated rings. The van der Waals surface area contributed by atoms with E-state index in [-0.39, 0.29) is 6.03 Å². The second kappa shape index (κ2) is 9.61. The number of carbonyl (C=O) groups is 1. The average molecular weight is 459 g/mol. The fourth-order valence-electron chi connectivity index (χ4n) is 3.57. The van der Waals surface area contributed by atoms with Crippen LogP contribution < -0.4 is 20.4 Å². The third-order valence-electron chi connectivity index (χ3n) is 5.18. The Kier molecular flexibility index (Phi) is 6.07. The van der Waals surface area contributed by atoms with E-state index in [1.807, 2.05) is 53.9 Å². The van der Waals surface area contributed by atoms with E-state index in [4.69, 9.17) is 0 Å². The van der Waals surface area contributed by atoms with E-state index in [9.17, 15) is 4.79 Å². The van der Waals surface area contributed by atoms with Crippen LogP contribution in [0.15, 0.2) is 72.4 Å². The van der Waals surface area contributed by atoms with Gasteiger partial charge in [0.1, 0.15) is 22.5 Å². The van der Waals surface area contributed by atoms with Gasteiger partial charge in [0.25, 0.3) is 0 Å². The van der Waals surface area contributed by atoms with Crippen molar-refractivity contribution in [1.82, 2.24) is 19.9 Å². The molecule has 0 radical (unpaired) electrons. The molecular formula is C23H22N8OS. The van der Waals surface area contributed by atoms with Crippen LogP contribution >= 0.6 is 11.3 Å². The molecule has 10 heteroatoms. The normalized spacial score (nSPS) is 13.6. The van der Waals surface area contributed by atoms with Crippen molar-refractivity contribution in [3.05, 3.63) is 72.4 Å². The fourth-order valence-corrected chi connectivity index (χ4v) is 4.33. The van der Waals surface area contributed by atoms with Gasteiger partial charge in [-0.3, -0.25) is 10.6 Å². The summed E-state index contributed by atoms with van der Waals surface area (Å²) in [6.07, 6.45) is 3.51. The topological polar surface area (TPSA) is 99.2 Å². The zero-order valence-corrected chi connectivity index (χ0v) is 18.6. The molecule has 2 amide bonds. The standard InChI is InChI=1S/C23H22N8OS/c32-23(29-19-16-33-21(27-19)17-6-2-1-3-7-17)28-18-8-4-9-20(26-18)30-12-14-31(15-13-30)22-24-10-5-11-25-22/h1-11,16H,12-15H2,(H2,26,28,29,32). The summed E-state index contributed by atoms with van der Waals surface area (Å²) in [7, 11) is 0. The molecular weight excluding hydrogens is 436 g/mol. The maximum absolute atomic E-state index is 12.5. The molecule has 0 aliphatic carbocycles. The minimum atomic E-state index is -0.379. The molecule has 0 unspecified atom stereocenters. The Morgan fingerprint density at radius 3 is 2.30 bits per heavy atom. The third-order valence-corrected chi connectivity index (χ3v) is 6.07. The maximum atomic E-state index is 12.5. The first-order chi connectivity index (χ1) is 16.2. The number of hydrogen-bond donors (Lipinski definition) is 2. The molecule has 4 heterocycles. The van der Waals surface area contributed by atoms with Gasteiger partial charge in [-0.25, -0.2) is 24.7 Å². The van der Waals surface area contributed by atoms with Crippen LogP contribution in [0, 0.1) is 0 Å². The third kappa shape index (κ3) is 5.07. The van der Waals surface area contributed by atoms with Gasteiger partial charge in [0, 0.05) is 49.5 Å². The van der Waals surface area contributed by atoms with Gasteiger partial charge in [-0.15, -0.1) is 11.3 Å². The number of aromatic nitrogens is 4. The van der Waals surface area contributed by atoms with Crippen LogP contribution in [0.5, 0.6) is 0 Å². The number of pyridine rings is 1. The summed E-state index contributed by atoms with van der Waals surface area (Å²) < 4.78 is 0. The summed E-state index contributed by atoms with van der Waals surface area (Å²) >= 11 is 1.48. The van der Waals surface area contributed by atoms with Gasteiger partial charge < -0.3 is 9.80 Å². The molecule has 1 saturated heterocycles. The second-order valence-corrected chi connectivity index (χ2v) is 8.25. The Morgan fingerprint density at radius 1 is 0.788 bits per heavy atom. The molecule has 2 N–H and O–H groups in total. The van der Waals surface area contributed by atoms with Gasteiger partial charge in [-0.2, -0.15) is 0 Å². The molecule has 0 saturated carbocycles. The molecule has 0 spiro atoms. The van der Waals surface area contributed by atoms with Crippen molar-refractivity contribution >= 4 is 40.8 Å². The number of anilines is 4. The molecule has 1 aromatic carbocycles. The molecule has 166 valence electrons. The van der Waals surface area contributed by atoms with Crippen molar-refractivity contribution in [3.63, 3.8) is 0 Å². The van der Waals surface area contributed by atoms with Gasteiger partial charge >= 0.3 is 6.03 Å². The lowest BCUT2D eigenvalue weighted by Gasteiger charge is -2.35. The van der Waals surface area contributed by atoms with E-state index in [0.717, 1.165) is 48.5 Å². The minimum absolute atomic E-state index is 0.379. The maximum Gasteiger partial charge on any atom is 0.326 e. The van der Waals surface area contributed by atoms with E-state index in [1.54, 1.807) is 18.5 Å². The monoisotopic (exact) mass is 458 g/mol. The molecule has 33 heavy (non-hydrogen) atoms. The van der Waals surface area contributed by atoms with Crippen LogP contribution in [0.2, 0.25) is 0 Å². The number of benzene rings is 1. The van der Waals surface area contributed by atoms with Crippen molar-refractivity contribution in [1.29, 1.82) is 0 Å². The van der Waals surface area contributed by atoms with E-state index in [1.165, 1.54) is 11.3 Å². The number of nitrogens with zero attached hydrogens (tertiary/aromatic N) is 6. The molecule has 1 aliphatic rings. The number of nitrogens with one attached hydrogen (secondary N) is 2. The molecule has 1 aliphatic heterocycles. The van der Waals surface area contributed by atoms with E-state index >= 15 is 0 Å². The lowest BCUT2D eigenvalue weighted by atomic mass is 10.2. The van der Waals surface area contributed by atoms with Crippen molar-refractivity contribution in [2.75, 3.05) is 46.6 Å². The number of rotatable bonds is 5. The zero-order valence-electron chi connectivity index (χ0n) is 17.8. The molecule has 5 rings (SSSR count). The number of carbonyl (C=O) groups excluding carboxylic acids is 1. The fraction of sp³-hybridized carbons (Fsp3) is 0.174. The average Bonchev–Trinajstić information content (AvgIpc) is 3.34. The lowest BCUT2D eigenvalue weighted by molar-refractivity contribution is 0.262. The summed E-state index contributed by atoms with van der Waals surface area (Å²) in [6.45, 7) is 3.19. The zero-order chi connectivity index (χ0) is 22.5. The molecule has 0 atom stereocenters. The van der Waals surface area contributed by atoms with Crippen LogP contribution in [0.4, 0.5) is 28.2 Å². The first-order valence-corrected chi connectivity index (χ1v) is 11.5. The summed E-state index contributed by atoms with van der Waals surface area (Å²) in [5, 5.41) is 8.25. The predicted molar refractivity (Wildman–Crippen MR) is 131 cm³/mol. The van der Waals surface area contributed by atoms with Gasteiger partial charge in [-0.1, -0.05) is 36.4 Å². The van der Waals surface area contributed by atoms with Crippen molar-refractivity contribution in [2.24, 2.45) is 0 Å². The van der Waals surface area contributed by atoms with Crippen molar-refractivity contribution in [3.8, 4) is 10.6 Å². The first-order valence-electron chi connectivity index (χ1n) is 10.6. The Hall–Kier alpha value is -4.05. The largest absolute Gasteiger partial charge is 0.353 e. The number of urea groups is 1. The van der Waals surface area contributed by atoms with Crippen molar-refractivity contribution < 1.29 is 4.79 Å². The highest BCUT2D eigenvalue weighted by atomic mass is 32.1. The van der Waals surface area contributed by atoms with Crippen LogP contribution in [0.1, 0.15) is 0 Å². The quantitative estimate of drug-likeness (QED) is 0.467. The molecule has 9 nitrogen and oxygen atoms in total. The van der Waals surface area contributed by atoms with Crippen LogP contribution in [0.3, 0.4) is 0 Å². The molecule has 4 aromatic rings. The Balaban J connectivity index is 1.18. The summed E-state index contributed by atoms with van der Waals surface area (Å²) in [5.74, 6) is 2.56. The molecule has 0 bridgehead atoms. The number of hydrogen-bond acceptors (Lipinski definition) is 8. The highest BCUT2D eigenvalue weighted by Gasteiger charge is 2.20. The number of piperazine rings is 1. The lowest BCUT2D eigenvalue weighted by Crippen LogP contribution is -2.47. The summed E-state index contributed by atoms with van der Waals surface area (Å²) in [5.41, 5.74) is 1.02. The Morgan fingerprint density at radius 2 is 1.52 bits per heavy atom. The highest BCUT2D eigenvalue weighted by molar-refractivity contribution is 7.13. The van der Waals surface area contributed by atoms with E-state index in [2.05, 4.69) is 40.4 Å². The smallest absolute Gasteiger partial charge is 0.326 e. The van der Waals surface area contributed by atoms with Crippen molar-refractivity contribution in [2.45, 2.75) is 0 Å². The summed E-state index contributed by atoms with van der Waals surface area (Å²) in [4.78, 5) is 34.6. The van der Waals surface area contributed by atoms with Crippen LogP contribution in [-0.4, -0.2) is 52.1 Å². The number of amides is 2. The Bertz CT molecular complexity index is 1210. The Labute approximate surface area is 195 Å². The van der Waals surface area contributed by atoms with Crippen LogP contribution in [-0.2, 0) is 0 Å². The minimum Gasteiger partial charge on any atom is -0.353 e. The van der Waals surface area contributed by atoms with Gasteiger partial charge in [0.15, 0.2) is 0 Å². The highest BCUT2D eigenvalue weighted by Crippen LogP contribution is 2.25. The SMILES string of the molecule is O=C(Nc1cccc(N2CCN(c3ncccn3)CC2)n1)Nc1csc(-c2ccccc2)n1. The van der Waals surface area contributed by atoms with E-state index < -0.39 is 0 Å².